The van der Waals surface area contributed by atoms with Gasteiger partial charge in [-0.25, -0.2) is 0 Å². The second-order valence-electron chi connectivity index (χ2n) is 8.68. The summed E-state index contributed by atoms with van der Waals surface area (Å²) in [6.45, 7) is 19.1. The molecular formula is C29H69N9-4. The van der Waals surface area contributed by atoms with Crippen LogP contribution in [0.3, 0.4) is 0 Å². The first-order valence-corrected chi connectivity index (χ1v) is 12.0. The minimum Gasteiger partial charge on any atom is -0.386 e. The highest BCUT2D eigenvalue weighted by Crippen LogP contribution is 1.95. The highest BCUT2D eigenvalue weighted by atomic mass is 15.0. The molecule has 9 heteroatoms. The molecule has 0 aromatic rings. The largest absolute Gasteiger partial charge is 0.386 e. The summed E-state index contributed by atoms with van der Waals surface area (Å²) in [7, 11) is 11.1. The lowest BCUT2D eigenvalue weighted by Gasteiger charge is -2.06. The molecule has 38 heavy (non-hydrogen) atoms. The Labute approximate surface area is 240 Å². The van der Waals surface area contributed by atoms with Crippen LogP contribution in [0, 0.1) is 58.8 Å². The summed E-state index contributed by atoms with van der Waals surface area (Å²) in [5, 5.41) is 15.9. The van der Waals surface area contributed by atoms with E-state index in [9.17, 15) is 0 Å². The van der Waals surface area contributed by atoms with Crippen LogP contribution in [0.4, 0.5) is 0 Å². The fourth-order valence-corrected chi connectivity index (χ4v) is 2.37. The Hall–Kier alpha value is -2.45. The SMILES string of the molecule is CC(=NCC(=N)N)C(C)C.CN=C(NC)C(C)C.CN=C(NC)C(C)C.CN=C(NC)C(C)C.[CH3-].[CH3-].[CH3-].[CH3-]. The fourth-order valence-electron chi connectivity index (χ4n) is 2.37. The molecule has 6 N–H and O–H groups in total. The van der Waals surface area contributed by atoms with Gasteiger partial charge in [0.1, 0.15) is 5.84 Å². The van der Waals surface area contributed by atoms with E-state index in [2.05, 4.69) is 91.3 Å². The van der Waals surface area contributed by atoms with Gasteiger partial charge < -0.3 is 51.4 Å². The van der Waals surface area contributed by atoms with Gasteiger partial charge in [0.15, 0.2) is 0 Å². The Morgan fingerprint density at radius 3 is 0.921 bits per heavy atom. The van der Waals surface area contributed by atoms with Crippen molar-refractivity contribution < 1.29 is 0 Å². The summed E-state index contributed by atoms with van der Waals surface area (Å²) in [5.74, 6) is 5.32. The average Bonchev–Trinajstić information content (AvgIpc) is 2.75. The van der Waals surface area contributed by atoms with E-state index in [1.807, 2.05) is 28.1 Å². The smallest absolute Gasteiger partial charge is 0.113 e. The van der Waals surface area contributed by atoms with Crippen molar-refractivity contribution in [2.45, 2.75) is 62.3 Å². The molecule has 0 rings (SSSR count). The van der Waals surface area contributed by atoms with E-state index in [0.29, 0.717) is 30.2 Å². The molecule has 9 nitrogen and oxygen atoms in total. The molecule has 0 fully saturated rings. The van der Waals surface area contributed by atoms with Crippen LogP contribution in [-0.4, -0.2) is 77.9 Å². The van der Waals surface area contributed by atoms with E-state index in [1.165, 1.54) is 0 Å². The van der Waals surface area contributed by atoms with Crippen LogP contribution in [0.1, 0.15) is 62.3 Å². The first-order valence-electron chi connectivity index (χ1n) is 12.0. The Kier molecular flexibility index (Phi) is 54.0. The van der Waals surface area contributed by atoms with Crippen molar-refractivity contribution in [1.82, 2.24) is 16.0 Å². The molecule has 0 atom stereocenters. The van der Waals surface area contributed by atoms with Crippen molar-refractivity contribution in [3.63, 3.8) is 0 Å². The molecule has 0 bridgehead atoms. The zero-order chi connectivity index (χ0) is 27.9. The lowest BCUT2D eigenvalue weighted by molar-refractivity contribution is 0.834. The lowest BCUT2D eigenvalue weighted by atomic mass is 10.1. The number of nitrogens with two attached hydrogens (primary N) is 1. The summed E-state index contributed by atoms with van der Waals surface area (Å²) in [4.78, 5) is 16.1. The van der Waals surface area contributed by atoms with Gasteiger partial charge in [0, 0.05) is 65.8 Å². The Morgan fingerprint density at radius 1 is 0.605 bits per heavy atom. The van der Waals surface area contributed by atoms with E-state index in [4.69, 9.17) is 11.1 Å². The lowest BCUT2D eigenvalue weighted by Crippen LogP contribution is -2.23. The summed E-state index contributed by atoms with van der Waals surface area (Å²) in [6, 6.07) is 0. The van der Waals surface area contributed by atoms with Gasteiger partial charge in [0.25, 0.3) is 0 Å². The van der Waals surface area contributed by atoms with Crippen LogP contribution < -0.4 is 21.7 Å². The van der Waals surface area contributed by atoms with E-state index < -0.39 is 0 Å². The molecule has 0 saturated carbocycles. The standard InChI is InChI=1S/C7H15N3.3C6H14N2.4CH3/c1-5(2)6(3)10-4-7(8)9;3*1-5(2)6(7-3)8-4;;;;/h5H,4H2,1-3H3,(H3,8,9);3*5H,1-4H3,(H,7,8);4*1H3/q;;;;4*-1. The second-order valence-corrected chi connectivity index (χ2v) is 8.68. The molecule has 234 valence electrons. The summed E-state index contributed by atoms with van der Waals surface area (Å²) >= 11 is 0. The highest BCUT2D eigenvalue weighted by Gasteiger charge is 1.99. The Balaban J connectivity index is -0.0000000511. The normalized spacial score (nSPS) is 11.0. The van der Waals surface area contributed by atoms with Crippen LogP contribution in [0.5, 0.6) is 0 Å². The molecule has 0 aliphatic heterocycles. The summed E-state index contributed by atoms with van der Waals surface area (Å²) < 4.78 is 0. The van der Waals surface area contributed by atoms with Gasteiger partial charge in [-0.2, -0.15) is 0 Å². The molecule has 0 aromatic heterocycles. The molecule has 0 heterocycles. The number of rotatable bonds is 6. The van der Waals surface area contributed by atoms with Crippen molar-refractivity contribution in [2.24, 2.45) is 49.4 Å². The van der Waals surface area contributed by atoms with Gasteiger partial charge in [0.05, 0.1) is 24.1 Å². The van der Waals surface area contributed by atoms with E-state index in [-0.39, 0.29) is 35.5 Å². The highest BCUT2D eigenvalue weighted by molar-refractivity contribution is 5.87. The van der Waals surface area contributed by atoms with Gasteiger partial charge >= 0.3 is 0 Å². The van der Waals surface area contributed by atoms with Crippen LogP contribution in [-0.2, 0) is 0 Å². The van der Waals surface area contributed by atoms with Crippen molar-refractivity contribution in [1.29, 1.82) is 5.41 Å². The second kappa shape index (κ2) is 36.7. The fraction of sp³-hybridized carbons (Fsp3) is 0.690. The van der Waals surface area contributed by atoms with Gasteiger partial charge in [-0.05, 0) is 12.8 Å². The quantitative estimate of drug-likeness (QED) is 0.171. The number of amidine groups is 4. The molecule has 0 saturated heterocycles. The van der Waals surface area contributed by atoms with E-state index in [0.717, 1.165) is 23.2 Å². The average molecular weight is 544 g/mol. The van der Waals surface area contributed by atoms with Crippen LogP contribution in [0.15, 0.2) is 20.0 Å². The van der Waals surface area contributed by atoms with Crippen molar-refractivity contribution in [3.05, 3.63) is 29.7 Å². The molecule has 0 spiro atoms. The third kappa shape index (κ3) is 38.1. The van der Waals surface area contributed by atoms with Crippen LogP contribution in [0.2, 0.25) is 0 Å². The maximum absolute atomic E-state index is 6.90. The number of hydrogen-bond donors (Lipinski definition) is 5. The van der Waals surface area contributed by atoms with Gasteiger partial charge in [0.2, 0.25) is 0 Å². The van der Waals surface area contributed by atoms with Crippen LogP contribution >= 0.6 is 0 Å². The zero-order valence-electron chi connectivity index (χ0n) is 28.9. The van der Waals surface area contributed by atoms with Crippen molar-refractivity contribution in [3.8, 4) is 0 Å². The number of nitrogens with zero attached hydrogens (tertiary/aromatic N) is 4. The van der Waals surface area contributed by atoms with E-state index >= 15 is 0 Å². The summed E-state index contributed by atoms with van der Waals surface area (Å²) in [6.07, 6.45) is 0. The zero-order valence-corrected chi connectivity index (χ0v) is 28.9. The molecule has 0 aliphatic rings. The number of hydrogen-bond acceptors (Lipinski definition) is 5. The van der Waals surface area contributed by atoms with Gasteiger partial charge in [-0.1, -0.05) is 55.4 Å². The third-order valence-electron chi connectivity index (χ3n) is 4.47. The molecule has 0 unspecified atom stereocenters. The molecule has 0 aromatic carbocycles. The number of aliphatic imine (C=N–C) groups is 4. The van der Waals surface area contributed by atoms with Gasteiger partial charge in [-0.15, -0.1) is 0 Å². The maximum Gasteiger partial charge on any atom is 0.113 e. The topological polar surface area (TPSA) is 135 Å². The van der Waals surface area contributed by atoms with Crippen molar-refractivity contribution >= 4 is 29.1 Å². The Bertz CT molecular complexity index is 558. The van der Waals surface area contributed by atoms with Crippen LogP contribution in [0.25, 0.3) is 0 Å². The Morgan fingerprint density at radius 2 is 0.842 bits per heavy atom. The molecule has 0 aliphatic carbocycles. The first-order chi connectivity index (χ1) is 15.7. The summed E-state index contributed by atoms with van der Waals surface area (Å²) in [5.41, 5.74) is 6.17. The number of nitrogens with one attached hydrogen (secondary N) is 4. The molecule has 0 amide bonds. The van der Waals surface area contributed by atoms with Gasteiger partial charge in [-0.3, -0.25) is 25.4 Å². The third-order valence-corrected chi connectivity index (χ3v) is 4.47. The minimum absolute atomic E-state index is 0. The minimum atomic E-state index is 0. The predicted octanol–water partition coefficient (Wildman–Crippen LogP) is 5.51. The monoisotopic (exact) mass is 544 g/mol. The van der Waals surface area contributed by atoms with Crippen molar-refractivity contribution in [2.75, 3.05) is 48.8 Å². The molecular weight excluding hydrogens is 474 g/mol. The maximum atomic E-state index is 6.90. The predicted molar refractivity (Wildman–Crippen MR) is 182 cm³/mol. The first kappa shape index (κ1) is 55.9. The van der Waals surface area contributed by atoms with E-state index in [1.54, 1.807) is 21.1 Å². The molecule has 0 radical (unpaired) electrons.